The third-order valence-electron chi connectivity index (χ3n) is 6.10. The summed E-state index contributed by atoms with van der Waals surface area (Å²) in [5, 5.41) is 0. The quantitative estimate of drug-likeness (QED) is 0.332. The highest BCUT2D eigenvalue weighted by Crippen LogP contribution is 2.39. The van der Waals surface area contributed by atoms with Crippen molar-refractivity contribution in [3.63, 3.8) is 0 Å². The van der Waals surface area contributed by atoms with Gasteiger partial charge in [-0.15, -0.1) is 0 Å². The molecule has 1 aliphatic rings. The average Bonchev–Trinajstić information content (AvgIpc) is 2.83. The summed E-state index contributed by atoms with van der Waals surface area (Å²) in [6.07, 6.45) is -1.44. The number of hydrogen-bond acceptors (Lipinski definition) is 0. The summed E-state index contributed by atoms with van der Waals surface area (Å²) in [4.78, 5) is 0. The van der Waals surface area contributed by atoms with Gasteiger partial charge >= 0.3 is 12.4 Å². The van der Waals surface area contributed by atoms with Crippen molar-refractivity contribution in [3.05, 3.63) is 102 Å². The van der Waals surface area contributed by atoms with E-state index < -0.39 is 23.5 Å². The number of halogens is 6. The largest absolute Gasteiger partial charge is 0.416 e. The Balaban J connectivity index is 1.69. The van der Waals surface area contributed by atoms with Crippen LogP contribution in [0.25, 0.3) is 27.8 Å². The highest BCUT2D eigenvalue weighted by molar-refractivity contribution is 5.76. The Morgan fingerprint density at radius 1 is 0.676 bits per heavy atom. The molecule has 0 amide bonds. The van der Waals surface area contributed by atoms with Gasteiger partial charge in [0, 0.05) is 0 Å². The van der Waals surface area contributed by atoms with E-state index in [4.69, 9.17) is 0 Å². The second-order valence-corrected chi connectivity index (χ2v) is 8.34. The standard InChI is InChI=1S/C28H22F6/c1-2-18-6-3-4-9-26(18)22-8-5-7-21(14-22)19-10-12-20(13-11-19)23-15-24(27(29,30)31)17-25(16-23)28(32,33)34/h3-5,7-18H,2,6H2,1H3. The Kier molecular flexibility index (Phi) is 6.43. The predicted octanol–water partition coefficient (Wildman–Crippen LogP) is 9.43. The molecule has 0 N–H and O–H groups in total. The van der Waals surface area contributed by atoms with E-state index in [9.17, 15) is 26.3 Å². The van der Waals surface area contributed by atoms with E-state index in [-0.39, 0.29) is 17.2 Å². The summed E-state index contributed by atoms with van der Waals surface area (Å²) in [6.45, 7) is 2.15. The van der Waals surface area contributed by atoms with Crippen molar-refractivity contribution in [1.82, 2.24) is 0 Å². The fourth-order valence-corrected chi connectivity index (χ4v) is 4.25. The summed E-state index contributed by atoms with van der Waals surface area (Å²) in [6, 6.07) is 16.2. The molecule has 0 aromatic heterocycles. The first-order valence-corrected chi connectivity index (χ1v) is 10.9. The summed E-state index contributed by atoms with van der Waals surface area (Å²) in [5.74, 6) is 0.436. The average molecular weight is 472 g/mol. The highest BCUT2D eigenvalue weighted by atomic mass is 19.4. The molecule has 1 atom stereocenters. The van der Waals surface area contributed by atoms with E-state index in [0.717, 1.165) is 41.7 Å². The fourth-order valence-electron chi connectivity index (χ4n) is 4.25. The van der Waals surface area contributed by atoms with Crippen LogP contribution in [0.2, 0.25) is 0 Å². The number of alkyl halides is 6. The zero-order valence-corrected chi connectivity index (χ0v) is 18.3. The normalized spacial score (nSPS) is 16.4. The van der Waals surface area contributed by atoms with Crippen LogP contribution in [-0.4, -0.2) is 0 Å². The van der Waals surface area contributed by atoms with Crippen LogP contribution in [0.5, 0.6) is 0 Å². The number of allylic oxidation sites excluding steroid dienone is 4. The SMILES string of the molecule is CCC1CC=CC=C1c1cccc(-c2ccc(-c3cc(C(F)(F)F)cc(C(F)(F)F)c3)cc2)c1. The molecular weight excluding hydrogens is 450 g/mol. The Morgan fingerprint density at radius 2 is 1.24 bits per heavy atom. The van der Waals surface area contributed by atoms with Crippen molar-refractivity contribution < 1.29 is 26.3 Å². The van der Waals surface area contributed by atoms with Crippen LogP contribution in [-0.2, 0) is 12.4 Å². The molecule has 6 heteroatoms. The predicted molar refractivity (Wildman–Crippen MR) is 123 cm³/mol. The smallest absolute Gasteiger partial charge is 0.166 e. The van der Waals surface area contributed by atoms with Crippen LogP contribution >= 0.6 is 0 Å². The third-order valence-corrected chi connectivity index (χ3v) is 6.10. The lowest BCUT2D eigenvalue weighted by molar-refractivity contribution is -0.143. The van der Waals surface area contributed by atoms with Gasteiger partial charge in [0.25, 0.3) is 0 Å². The van der Waals surface area contributed by atoms with Gasteiger partial charge in [-0.3, -0.25) is 0 Å². The van der Waals surface area contributed by atoms with Gasteiger partial charge in [0.05, 0.1) is 11.1 Å². The zero-order chi connectivity index (χ0) is 24.5. The van der Waals surface area contributed by atoms with Crippen LogP contribution in [0.3, 0.4) is 0 Å². The first kappa shape index (κ1) is 23.9. The zero-order valence-electron chi connectivity index (χ0n) is 18.3. The molecule has 3 aromatic carbocycles. The molecule has 3 aromatic rings. The molecule has 34 heavy (non-hydrogen) atoms. The molecule has 0 bridgehead atoms. The molecule has 1 unspecified atom stereocenters. The Labute approximate surface area is 194 Å². The minimum atomic E-state index is -4.88. The van der Waals surface area contributed by atoms with E-state index in [0.29, 0.717) is 5.92 Å². The van der Waals surface area contributed by atoms with Crippen LogP contribution in [0.1, 0.15) is 36.5 Å². The monoisotopic (exact) mass is 472 g/mol. The van der Waals surface area contributed by atoms with Crippen molar-refractivity contribution in [3.8, 4) is 22.3 Å². The number of rotatable bonds is 4. The molecule has 4 rings (SSSR count). The topological polar surface area (TPSA) is 0 Å². The van der Waals surface area contributed by atoms with Crippen molar-refractivity contribution in [1.29, 1.82) is 0 Å². The molecule has 0 fully saturated rings. The Hall–Kier alpha value is -3.28. The van der Waals surface area contributed by atoms with Gasteiger partial charge < -0.3 is 0 Å². The molecule has 0 saturated heterocycles. The molecule has 176 valence electrons. The molecule has 0 nitrogen and oxygen atoms in total. The molecule has 0 radical (unpaired) electrons. The number of hydrogen-bond donors (Lipinski definition) is 0. The van der Waals surface area contributed by atoms with Crippen LogP contribution < -0.4 is 0 Å². The molecule has 0 heterocycles. The van der Waals surface area contributed by atoms with Gasteiger partial charge in [0.15, 0.2) is 0 Å². The van der Waals surface area contributed by atoms with E-state index in [1.807, 2.05) is 24.3 Å². The first-order chi connectivity index (χ1) is 16.1. The third kappa shape index (κ3) is 5.11. The first-order valence-electron chi connectivity index (χ1n) is 10.9. The van der Waals surface area contributed by atoms with Crippen LogP contribution in [0, 0.1) is 5.92 Å². The Morgan fingerprint density at radius 3 is 1.79 bits per heavy atom. The summed E-state index contributed by atoms with van der Waals surface area (Å²) < 4.78 is 79.2. The highest BCUT2D eigenvalue weighted by Gasteiger charge is 2.37. The van der Waals surface area contributed by atoms with Crippen LogP contribution in [0.15, 0.2) is 85.0 Å². The molecule has 0 saturated carbocycles. The van der Waals surface area contributed by atoms with Gasteiger partial charge in [-0.25, -0.2) is 0 Å². The van der Waals surface area contributed by atoms with Gasteiger partial charge in [-0.2, -0.15) is 26.3 Å². The second-order valence-electron chi connectivity index (χ2n) is 8.34. The Bertz CT molecular complexity index is 1190. The maximum absolute atomic E-state index is 13.2. The molecule has 0 spiro atoms. The lowest BCUT2D eigenvalue weighted by Gasteiger charge is -2.21. The lowest BCUT2D eigenvalue weighted by atomic mass is 9.84. The molecule has 1 aliphatic carbocycles. The van der Waals surface area contributed by atoms with Gasteiger partial charge in [-0.05, 0) is 76.4 Å². The summed E-state index contributed by atoms with van der Waals surface area (Å²) >= 11 is 0. The minimum Gasteiger partial charge on any atom is -0.166 e. The number of benzene rings is 3. The molecular formula is C28H22F6. The maximum Gasteiger partial charge on any atom is 0.416 e. The minimum absolute atomic E-state index is 0.132. The summed E-state index contributed by atoms with van der Waals surface area (Å²) in [5.41, 5.74) is 1.61. The van der Waals surface area contributed by atoms with E-state index in [1.165, 1.54) is 5.57 Å². The van der Waals surface area contributed by atoms with Gasteiger partial charge in [-0.1, -0.05) is 67.6 Å². The van der Waals surface area contributed by atoms with Crippen molar-refractivity contribution in [2.24, 2.45) is 5.92 Å². The van der Waals surface area contributed by atoms with E-state index in [2.05, 4.69) is 25.1 Å². The van der Waals surface area contributed by atoms with Crippen molar-refractivity contribution >= 4 is 5.57 Å². The lowest BCUT2D eigenvalue weighted by Crippen LogP contribution is -2.11. The van der Waals surface area contributed by atoms with Crippen molar-refractivity contribution in [2.45, 2.75) is 32.1 Å². The van der Waals surface area contributed by atoms with Gasteiger partial charge in [0.2, 0.25) is 0 Å². The molecule has 0 aliphatic heterocycles. The van der Waals surface area contributed by atoms with Crippen LogP contribution in [0.4, 0.5) is 26.3 Å². The maximum atomic E-state index is 13.2. The van der Waals surface area contributed by atoms with E-state index in [1.54, 1.807) is 24.3 Å². The second kappa shape index (κ2) is 9.16. The van der Waals surface area contributed by atoms with Gasteiger partial charge in [0.1, 0.15) is 0 Å². The van der Waals surface area contributed by atoms with Crippen molar-refractivity contribution in [2.75, 3.05) is 0 Å². The van der Waals surface area contributed by atoms with E-state index >= 15 is 0 Å². The summed E-state index contributed by atoms with van der Waals surface area (Å²) in [7, 11) is 0. The fraction of sp³-hybridized carbons (Fsp3) is 0.214.